The van der Waals surface area contributed by atoms with Crippen molar-refractivity contribution in [2.75, 3.05) is 5.32 Å². The van der Waals surface area contributed by atoms with Gasteiger partial charge in [-0.2, -0.15) is 5.26 Å². The van der Waals surface area contributed by atoms with Gasteiger partial charge in [0.25, 0.3) is 0 Å². The molecular weight excluding hydrogens is 345 g/mol. The molecule has 0 atom stereocenters. The van der Waals surface area contributed by atoms with Crippen molar-refractivity contribution in [3.8, 4) is 6.07 Å². The molecule has 0 aromatic heterocycles. The molecule has 0 bridgehead atoms. The van der Waals surface area contributed by atoms with Crippen LogP contribution in [0, 0.1) is 35.7 Å². The maximum atomic E-state index is 13.7. The fourth-order valence-electron chi connectivity index (χ4n) is 1.86. The van der Waals surface area contributed by atoms with E-state index in [-0.39, 0.29) is 22.1 Å². The second kappa shape index (κ2) is 6.19. The van der Waals surface area contributed by atoms with E-state index in [2.05, 4.69) is 21.2 Å². The molecule has 0 spiro atoms. The van der Waals surface area contributed by atoms with Crippen LogP contribution in [0.5, 0.6) is 0 Å². The standard InChI is InChI=1S/C15H10BrF3N2/c1-8-2-14(19)11(16)5-15(8)21-7-10-12(17)3-9(6-20)4-13(10)18/h2-5,21H,7H2,1H3. The number of hydrogen-bond acceptors (Lipinski definition) is 2. The van der Waals surface area contributed by atoms with Gasteiger partial charge in [0.1, 0.15) is 17.5 Å². The first-order chi connectivity index (χ1) is 9.92. The first-order valence-corrected chi connectivity index (χ1v) is 6.79. The number of aryl methyl sites for hydroxylation is 1. The van der Waals surface area contributed by atoms with Gasteiger partial charge in [-0.1, -0.05) is 0 Å². The summed E-state index contributed by atoms with van der Waals surface area (Å²) in [5.74, 6) is -2.00. The molecule has 2 aromatic rings. The van der Waals surface area contributed by atoms with Crippen LogP contribution in [-0.2, 0) is 6.54 Å². The summed E-state index contributed by atoms with van der Waals surface area (Å²) in [4.78, 5) is 0. The molecule has 21 heavy (non-hydrogen) atoms. The van der Waals surface area contributed by atoms with Crippen molar-refractivity contribution >= 4 is 21.6 Å². The van der Waals surface area contributed by atoms with Gasteiger partial charge in [-0.05, 0) is 52.7 Å². The molecule has 108 valence electrons. The van der Waals surface area contributed by atoms with E-state index in [0.717, 1.165) is 12.1 Å². The van der Waals surface area contributed by atoms with Gasteiger partial charge < -0.3 is 5.32 Å². The van der Waals surface area contributed by atoms with E-state index >= 15 is 0 Å². The Labute approximate surface area is 128 Å². The molecule has 0 aliphatic heterocycles. The molecule has 2 nitrogen and oxygen atoms in total. The van der Waals surface area contributed by atoms with Crippen LogP contribution in [0.2, 0.25) is 0 Å². The Kier molecular flexibility index (Phi) is 4.53. The topological polar surface area (TPSA) is 35.8 Å². The predicted octanol–water partition coefficient (Wildman–Crippen LogP) is 4.66. The quantitative estimate of drug-likeness (QED) is 0.869. The summed E-state index contributed by atoms with van der Waals surface area (Å²) < 4.78 is 41.1. The molecule has 2 rings (SSSR count). The fraction of sp³-hybridized carbons (Fsp3) is 0.133. The van der Waals surface area contributed by atoms with Gasteiger partial charge in [-0.15, -0.1) is 0 Å². The largest absolute Gasteiger partial charge is 0.380 e. The van der Waals surface area contributed by atoms with Crippen molar-refractivity contribution in [1.29, 1.82) is 5.26 Å². The van der Waals surface area contributed by atoms with E-state index in [4.69, 9.17) is 5.26 Å². The van der Waals surface area contributed by atoms with Crippen molar-refractivity contribution in [3.63, 3.8) is 0 Å². The number of nitrogens with zero attached hydrogens (tertiary/aromatic N) is 1. The van der Waals surface area contributed by atoms with Crippen molar-refractivity contribution in [2.45, 2.75) is 13.5 Å². The maximum Gasteiger partial charge on any atom is 0.137 e. The van der Waals surface area contributed by atoms with Crippen molar-refractivity contribution < 1.29 is 13.2 Å². The van der Waals surface area contributed by atoms with Gasteiger partial charge in [0.15, 0.2) is 0 Å². The molecule has 0 aliphatic carbocycles. The lowest BCUT2D eigenvalue weighted by atomic mass is 10.1. The second-order valence-electron chi connectivity index (χ2n) is 4.47. The van der Waals surface area contributed by atoms with Gasteiger partial charge in [0.2, 0.25) is 0 Å². The molecule has 0 radical (unpaired) electrons. The number of rotatable bonds is 3. The Morgan fingerprint density at radius 2 is 1.71 bits per heavy atom. The molecule has 0 unspecified atom stereocenters. The summed E-state index contributed by atoms with van der Waals surface area (Å²) in [5.41, 5.74) is 0.930. The lowest BCUT2D eigenvalue weighted by Gasteiger charge is -2.12. The number of anilines is 1. The predicted molar refractivity (Wildman–Crippen MR) is 77.2 cm³/mol. The maximum absolute atomic E-state index is 13.7. The smallest absolute Gasteiger partial charge is 0.137 e. The summed E-state index contributed by atoms with van der Waals surface area (Å²) in [6.45, 7) is 1.58. The lowest BCUT2D eigenvalue weighted by molar-refractivity contribution is 0.559. The van der Waals surface area contributed by atoms with Crippen molar-refractivity contribution in [1.82, 2.24) is 0 Å². The van der Waals surface area contributed by atoms with Crippen LogP contribution in [0.25, 0.3) is 0 Å². The summed E-state index contributed by atoms with van der Waals surface area (Å²) in [6.07, 6.45) is 0. The van der Waals surface area contributed by atoms with Crippen LogP contribution in [0.1, 0.15) is 16.7 Å². The zero-order valence-corrected chi connectivity index (χ0v) is 12.6. The minimum atomic E-state index is -0.794. The first kappa shape index (κ1) is 15.4. The van der Waals surface area contributed by atoms with E-state index < -0.39 is 17.5 Å². The Hall–Kier alpha value is -2.00. The summed E-state index contributed by atoms with van der Waals surface area (Å²) in [7, 11) is 0. The number of hydrogen-bond donors (Lipinski definition) is 1. The second-order valence-corrected chi connectivity index (χ2v) is 5.32. The summed E-state index contributed by atoms with van der Waals surface area (Å²) in [5, 5.41) is 11.5. The molecule has 1 N–H and O–H groups in total. The molecule has 0 aliphatic rings. The molecular formula is C15H10BrF3N2. The third-order valence-electron chi connectivity index (χ3n) is 2.99. The Morgan fingerprint density at radius 1 is 1.10 bits per heavy atom. The van der Waals surface area contributed by atoms with E-state index in [1.807, 2.05) is 0 Å². The SMILES string of the molecule is Cc1cc(F)c(Br)cc1NCc1c(F)cc(C#N)cc1F. The van der Waals surface area contributed by atoms with Crippen LogP contribution < -0.4 is 5.32 Å². The van der Waals surface area contributed by atoms with Gasteiger partial charge in [-0.25, -0.2) is 13.2 Å². The van der Waals surface area contributed by atoms with Crippen LogP contribution >= 0.6 is 15.9 Å². The Morgan fingerprint density at radius 3 is 2.29 bits per heavy atom. The summed E-state index contributed by atoms with van der Waals surface area (Å²) >= 11 is 3.06. The van der Waals surface area contributed by atoms with E-state index in [1.54, 1.807) is 13.0 Å². The number of halogens is 4. The van der Waals surface area contributed by atoms with Gasteiger partial charge >= 0.3 is 0 Å². The fourth-order valence-corrected chi connectivity index (χ4v) is 2.20. The van der Waals surface area contributed by atoms with Crippen molar-refractivity contribution in [3.05, 3.63) is 62.9 Å². The van der Waals surface area contributed by atoms with Gasteiger partial charge in [0.05, 0.1) is 16.1 Å². The molecule has 6 heteroatoms. The molecule has 0 heterocycles. The highest BCUT2D eigenvalue weighted by Crippen LogP contribution is 2.25. The van der Waals surface area contributed by atoms with E-state index in [9.17, 15) is 13.2 Å². The lowest BCUT2D eigenvalue weighted by Crippen LogP contribution is -2.06. The normalized spacial score (nSPS) is 10.3. The van der Waals surface area contributed by atoms with Gasteiger partial charge in [0, 0.05) is 17.8 Å². The zero-order valence-electron chi connectivity index (χ0n) is 11.0. The zero-order chi connectivity index (χ0) is 15.6. The highest BCUT2D eigenvalue weighted by atomic mass is 79.9. The van der Waals surface area contributed by atoms with Crippen molar-refractivity contribution in [2.24, 2.45) is 0 Å². The third-order valence-corrected chi connectivity index (χ3v) is 3.60. The average molecular weight is 355 g/mol. The van der Waals surface area contributed by atoms with Gasteiger partial charge in [-0.3, -0.25) is 0 Å². The van der Waals surface area contributed by atoms with E-state index in [1.165, 1.54) is 12.1 Å². The minimum absolute atomic E-state index is 0.0746. The monoisotopic (exact) mass is 354 g/mol. The van der Waals surface area contributed by atoms with E-state index in [0.29, 0.717) is 11.3 Å². The molecule has 0 amide bonds. The molecule has 0 saturated heterocycles. The third kappa shape index (κ3) is 3.37. The number of benzene rings is 2. The van der Waals surface area contributed by atoms with Crippen LogP contribution in [-0.4, -0.2) is 0 Å². The highest BCUT2D eigenvalue weighted by molar-refractivity contribution is 9.10. The van der Waals surface area contributed by atoms with Crippen LogP contribution in [0.15, 0.2) is 28.7 Å². The minimum Gasteiger partial charge on any atom is -0.380 e. The number of nitriles is 1. The highest BCUT2D eigenvalue weighted by Gasteiger charge is 2.12. The van der Waals surface area contributed by atoms with Crippen LogP contribution in [0.4, 0.5) is 18.9 Å². The Bertz CT molecular complexity index is 715. The average Bonchev–Trinajstić information content (AvgIpc) is 2.42. The first-order valence-electron chi connectivity index (χ1n) is 6.00. The molecule has 0 saturated carbocycles. The molecule has 2 aromatic carbocycles. The Balaban J connectivity index is 2.25. The summed E-state index contributed by atoms with van der Waals surface area (Å²) in [6, 6.07) is 6.47. The molecule has 0 fully saturated rings. The van der Waals surface area contributed by atoms with Crippen LogP contribution in [0.3, 0.4) is 0 Å². The number of nitrogens with one attached hydrogen (secondary N) is 1.